The molecular formula is C15H11FO4. The average molecular weight is 274 g/mol. The molecule has 0 fully saturated rings. The molecule has 2 aromatic carbocycles. The van der Waals surface area contributed by atoms with E-state index in [1.54, 1.807) is 0 Å². The van der Waals surface area contributed by atoms with Crippen LogP contribution in [0, 0.1) is 5.82 Å². The number of ether oxygens (including phenoxy) is 1. The number of rotatable bonds is 4. The number of aromatic hydroxyl groups is 1. The van der Waals surface area contributed by atoms with E-state index in [4.69, 9.17) is 4.74 Å². The third-order valence-electron chi connectivity index (χ3n) is 2.56. The monoisotopic (exact) mass is 274 g/mol. The van der Waals surface area contributed by atoms with Gasteiger partial charge in [0.25, 0.3) is 0 Å². The van der Waals surface area contributed by atoms with Gasteiger partial charge < -0.3 is 9.84 Å². The zero-order chi connectivity index (χ0) is 14.5. The molecule has 0 radical (unpaired) electrons. The fourth-order valence-electron chi connectivity index (χ4n) is 1.59. The van der Waals surface area contributed by atoms with E-state index in [0.717, 1.165) is 6.07 Å². The summed E-state index contributed by atoms with van der Waals surface area (Å²) in [7, 11) is 0. The van der Waals surface area contributed by atoms with Crippen LogP contribution in [0.3, 0.4) is 0 Å². The van der Waals surface area contributed by atoms with E-state index in [0.29, 0.717) is 0 Å². The molecule has 5 heteroatoms. The Morgan fingerprint density at radius 1 is 1.05 bits per heavy atom. The largest absolute Gasteiger partial charge is 0.508 e. The molecule has 0 unspecified atom stereocenters. The third kappa shape index (κ3) is 3.41. The highest BCUT2D eigenvalue weighted by Crippen LogP contribution is 2.12. The average Bonchev–Trinajstić information content (AvgIpc) is 2.44. The van der Waals surface area contributed by atoms with Gasteiger partial charge in [0.15, 0.2) is 12.4 Å². The van der Waals surface area contributed by atoms with Crippen LogP contribution in [0.1, 0.15) is 20.7 Å². The number of halogens is 1. The van der Waals surface area contributed by atoms with Crippen molar-refractivity contribution in [1.29, 1.82) is 0 Å². The number of benzene rings is 2. The van der Waals surface area contributed by atoms with Crippen LogP contribution in [0.15, 0.2) is 48.5 Å². The number of esters is 1. The molecule has 0 bridgehead atoms. The minimum absolute atomic E-state index is 0.0732. The molecule has 102 valence electrons. The maximum absolute atomic E-state index is 12.9. The van der Waals surface area contributed by atoms with Crippen LogP contribution in [0.25, 0.3) is 0 Å². The van der Waals surface area contributed by atoms with Gasteiger partial charge in [0.2, 0.25) is 0 Å². The molecule has 2 aromatic rings. The Bertz CT molecular complexity index is 594. The fourth-order valence-corrected chi connectivity index (χ4v) is 1.59. The van der Waals surface area contributed by atoms with Crippen LogP contribution in [0.5, 0.6) is 5.75 Å². The molecule has 0 saturated carbocycles. The second-order valence-corrected chi connectivity index (χ2v) is 4.06. The van der Waals surface area contributed by atoms with Gasteiger partial charge in [-0.2, -0.15) is 0 Å². The molecule has 0 spiro atoms. The first kappa shape index (κ1) is 13.7. The number of ketones is 1. The predicted octanol–water partition coefficient (Wildman–Crippen LogP) is 2.57. The zero-order valence-electron chi connectivity index (χ0n) is 10.4. The van der Waals surface area contributed by atoms with Crippen LogP contribution in [-0.2, 0) is 4.74 Å². The maximum Gasteiger partial charge on any atom is 0.338 e. The SMILES string of the molecule is O=C(COC(=O)c1cccc(O)c1)c1cccc(F)c1. The minimum Gasteiger partial charge on any atom is -0.508 e. The number of phenolic OH excluding ortho intramolecular Hbond substituents is 1. The Morgan fingerprint density at radius 2 is 1.75 bits per heavy atom. The molecule has 0 heterocycles. The van der Waals surface area contributed by atoms with Gasteiger partial charge in [-0.3, -0.25) is 4.79 Å². The Hall–Kier alpha value is -2.69. The Kier molecular flexibility index (Phi) is 4.10. The molecule has 0 aliphatic rings. The number of carbonyl (C=O) groups is 2. The van der Waals surface area contributed by atoms with Gasteiger partial charge >= 0.3 is 5.97 Å². The van der Waals surface area contributed by atoms with Gasteiger partial charge in [0.1, 0.15) is 11.6 Å². The van der Waals surface area contributed by atoms with Crippen molar-refractivity contribution in [2.45, 2.75) is 0 Å². The van der Waals surface area contributed by atoms with Crippen molar-refractivity contribution >= 4 is 11.8 Å². The molecule has 4 nitrogen and oxygen atoms in total. The number of hydrogen-bond acceptors (Lipinski definition) is 4. The first-order valence-electron chi connectivity index (χ1n) is 5.81. The van der Waals surface area contributed by atoms with Gasteiger partial charge in [-0.15, -0.1) is 0 Å². The summed E-state index contributed by atoms with van der Waals surface area (Å²) in [5, 5.41) is 9.23. The van der Waals surface area contributed by atoms with E-state index in [9.17, 15) is 19.1 Å². The van der Waals surface area contributed by atoms with Gasteiger partial charge in [-0.05, 0) is 30.3 Å². The summed E-state index contributed by atoms with van der Waals surface area (Å²) in [6, 6.07) is 10.7. The lowest BCUT2D eigenvalue weighted by Gasteiger charge is -2.05. The molecule has 2 rings (SSSR count). The quantitative estimate of drug-likeness (QED) is 0.687. The van der Waals surface area contributed by atoms with Crippen molar-refractivity contribution in [2.75, 3.05) is 6.61 Å². The normalized spacial score (nSPS) is 10.1. The van der Waals surface area contributed by atoms with Crippen molar-refractivity contribution in [3.8, 4) is 5.75 Å². The highest BCUT2D eigenvalue weighted by atomic mass is 19.1. The van der Waals surface area contributed by atoms with Crippen molar-refractivity contribution < 1.29 is 23.8 Å². The lowest BCUT2D eigenvalue weighted by atomic mass is 10.1. The molecule has 0 aromatic heterocycles. The number of Topliss-reactive ketones (excluding diaryl/α,β-unsaturated/α-hetero) is 1. The molecule has 0 aliphatic carbocycles. The summed E-state index contributed by atoms with van der Waals surface area (Å²) in [5.74, 6) is -1.84. The summed E-state index contributed by atoms with van der Waals surface area (Å²) >= 11 is 0. The van der Waals surface area contributed by atoms with Crippen LogP contribution >= 0.6 is 0 Å². The smallest absolute Gasteiger partial charge is 0.338 e. The highest BCUT2D eigenvalue weighted by molar-refractivity contribution is 5.99. The molecular weight excluding hydrogens is 263 g/mol. The lowest BCUT2D eigenvalue weighted by molar-refractivity contribution is 0.0474. The van der Waals surface area contributed by atoms with Gasteiger partial charge in [-0.25, -0.2) is 9.18 Å². The van der Waals surface area contributed by atoms with Crippen LogP contribution in [0.2, 0.25) is 0 Å². The van der Waals surface area contributed by atoms with Crippen LogP contribution in [0.4, 0.5) is 4.39 Å². The predicted molar refractivity (Wildman–Crippen MR) is 69.1 cm³/mol. The summed E-state index contributed by atoms with van der Waals surface area (Å²) in [5.41, 5.74) is 0.269. The summed E-state index contributed by atoms with van der Waals surface area (Å²) in [4.78, 5) is 23.3. The molecule has 0 aliphatic heterocycles. The van der Waals surface area contributed by atoms with Gasteiger partial charge in [0, 0.05) is 5.56 Å². The van der Waals surface area contributed by atoms with Crippen LogP contribution in [-0.4, -0.2) is 23.5 Å². The number of phenols is 1. The Morgan fingerprint density at radius 3 is 2.45 bits per heavy atom. The zero-order valence-corrected chi connectivity index (χ0v) is 10.4. The van der Waals surface area contributed by atoms with Gasteiger partial charge in [0.05, 0.1) is 5.56 Å². The number of hydrogen-bond donors (Lipinski definition) is 1. The minimum atomic E-state index is -0.731. The van der Waals surface area contributed by atoms with E-state index in [1.165, 1.54) is 42.5 Å². The molecule has 0 atom stereocenters. The fraction of sp³-hybridized carbons (Fsp3) is 0.0667. The van der Waals surface area contributed by atoms with E-state index in [2.05, 4.69) is 0 Å². The molecule has 0 saturated heterocycles. The highest BCUT2D eigenvalue weighted by Gasteiger charge is 2.12. The van der Waals surface area contributed by atoms with Crippen LogP contribution < -0.4 is 0 Å². The maximum atomic E-state index is 12.9. The molecule has 0 amide bonds. The molecule has 20 heavy (non-hydrogen) atoms. The first-order chi connectivity index (χ1) is 9.56. The van der Waals surface area contributed by atoms with Crippen molar-refractivity contribution in [3.63, 3.8) is 0 Å². The van der Waals surface area contributed by atoms with E-state index in [1.807, 2.05) is 0 Å². The number of carbonyl (C=O) groups excluding carboxylic acids is 2. The molecule has 1 N–H and O–H groups in total. The lowest BCUT2D eigenvalue weighted by Crippen LogP contribution is -2.14. The second-order valence-electron chi connectivity index (χ2n) is 4.06. The summed E-state index contributed by atoms with van der Waals surface area (Å²) in [6.45, 7) is -0.488. The first-order valence-corrected chi connectivity index (χ1v) is 5.81. The third-order valence-corrected chi connectivity index (χ3v) is 2.56. The second kappa shape index (κ2) is 5.97. The Balaban J connectivity index is 1.98. The van der Waals surface area contributed by atoms with E-state index < -0.39 is 24.2 Å². The standard InChI is InChI=1S/C15H11FO4/c16-12-5-1-3-10(7-12)14(18)9-20-15(19)11-4-2-6-13(17)8-11/h1-8,17H,9H2. The van der Waals surface area contributed by atoms with Gasteiger partial charge in [-0.1, -0.05) is 18.2 Å². The van der Waals surface area contributed by atoms with Crippen molar-refractivity contribution in [3.05, 3.63) is 65.5 Å². The van der Waals surface area contributed by atoms with Crippen molar-refractivity contribution in [1.82, 2.24) is 0 Å². The summed E-state index contributed by atoms with van der Waals surface area (Å²) in [6.07, 6.45) is 0. The topological polar surface area (TPSA) is 63.6 Å². The summed E-state index contributed by atoms with van der Waals surface area (Å²) < 4.78 is 17.8. The van der Waals surface area contributed by atoms with E-state index >= 15 is 0 Å². The Labute approximate surface area is 114 Å². The van der Waals surface area contributed by atoms with Crippen molar-refractivity contribution in [2.24, 2.45) is 0 Å². The van der Waals surface area contributed by atoms with E-state index in [-0.39, 0.29) is 16.9 Å².